The Hall–Kier alpha value is -1.42. The van der Waals surface area contributed by atoms with Gasteiger partial charge in [-0.1, -0.05) is 32.0 Å². The van der Waals surface area contributed by atoms with Crippen molar-refractivity contribution in [3.05, 3.63) is 35.6 Å². The van der Waals surface area contributed by atoms with E-state index >= 15 is 0 Å². The van der Waals surface area contributed by atoms with Crippen molar-refractivity contribution in [3.8, 4) is 0 Å². The smallest absolute Gasteiger partial charge is 0.310 e. The Balaban J connectivity index is 2.76. The molecule has 0 fully saturated rings. The van der Waals surface area contributed by atoms with Gasteiger partial charge in [0.25, 0.3) is 0 Å². The number of nitrogens with zero attached hydrogens (tertiary/aromatic N) is 1. The fourth-order valence-corrected chi connectivity index (χ4v) is 2.33. The number of carboxylic acids is 1. The zero-order valence-electron chi connectivity index (χ0n) is 11.8. The van der Waals surface area contributed by atoms with Crippen LogP contribution in [0.15, 0.2) is 24.3 Å². The first-order chi connectivity index (χ1) is 8.95. The molecule has 106 valence electrons. The lowest BCUT2D eigenvalue weighted by Crippen LogP contribution is -2.40. The monoisotopic (exact) mass is 267 g/mol. The van der Waals surface area contributed by atoms with Crippen LogP contribution in [-0.4, -0.2) is 29.6 Å². The predicted octanol–water partition coefficient (Wildman–Crippen LogP) is 3.15. The van der Waals surface area contributed by atoms with Gasteiger partial charge in [-0.15, -0.1) is 0 Å². The van der Waals surface area contributed by atoms with E-state index in [0.29, 0.717) is 31.5 Å². The first kappa shape index (κ1) is 15.6. The first-order valence-electron chi connectivity index (χ1n) is 6.60. The number of benzene rings is 1. The maximum Gasteiger partial charge on any atom is 0.310 e. The second-order valence-electron chi connectivity index (χ2n) is 5.06. The van der Waals surface area contributed by atoms with E-state index in [9.17, 15) is 14.3 Å². The molecule has 0 spiro atoms. The molecule has 0 atom stereocenters. The molecule has 0 heterocycles. The standard InChI is InChI=1S/C15H22FNO2/c1-4-15(5-2,14(18)19)11-17(3)10-12-8-6-7-9-13(12)16/h6-9H,4-5,10-11H2,1-3H3,(H,18,19). The molecule has 1 aromatic carbocycles. The van der Waals surface area contributed by atoms with Crippen molar-refractivity contribution in [2.24, 2.45) is 5.41 Å². The van der Waals surface area contributed by atoms with Gasteiger partial charge in [0.05, 0.1) is 5.41 Å². The van der Waals surface area contributed by atoms with E-state index in [0.717, 1.165) is 0 Å². The molecule has 0 aliphatic carbocycles. The second-order valence-corrected chi connectivity index (χ2v) is 5.06. The molecule has 0 aromatic heterocycles. The third kappa shape index (κ3) is 3.77. The van der Waals surface area contributed by atoms with Crippen LogP contribution < -0.4 is 0 Å². The van der Waals surface area contributed by atoms with E-state index in [2.05, 4.69) is 0 Å². The van der Waals surface area contributed by atoms with Gasteiger partial charge < -0.3 is 10.0 Å². The molecule has 1 rings (SSSR count). The topological polar surface area (TPSA) is 40.5 Å². The lowest BCUT2D eigenvalue weighted by molar-refractivity contribution is -0.150. The van der Waals surface area contributed by atoms with Crippen LogP contribution in [0.3, 0.4) is 0 Å². The summed E-state index contributed by atoms with van der Waals surface area (Å²) in [4.78, 5) is 13.3. The molecular weight excluding hydrogens is 245 g/mol. The van der Waals surface area contributed by atoms with Crippen molar-refractivity contribution in [1.29, 1.82) is 0 Å². The maximum atomic E-state index is 13.6. The molecule has 0 aliphatic heterocycles. The number of aliphatic carboxylic acids is 1. The number of hydrogen-bond acceptors (Lipinski definition) is 2. The molecule has 0 unspecified atom stereocenters. The third-order valence-electron chi connectivity index (χ3n) is 3.78. The van der Waals surface area contributed by atoms with E-state index < -0.39 is 11.4 Å². The number of halogens is 1. The molecule has 1 N–H and O–H groups in total. The number of hydrogen-bond donors (Lipinski definition) is 1. The highest BCUT2D eigenvalue weighted by Gasteiger charge is 2.35. The number of rotatable bonds is 7. The summed E-state index contributed by atoms with van der Waals surface area (Å²) in [5.74, 6) is -1.03. The molecule has 3 nitrogen and oxygen atoms in total. The number of carboxylic acid groups (broad SMARTS) is 1. The Morgan fingerprint density at radius 2 is 1.89 bits per heavy atom. The maximum absolute atomic E-state index is 13.6. The molecule has 19 heavy (non-hydrogen) atoms. The van der Waals surface area contributed by atoms with Gasteiger partial charge in [-0.05, 0) is 26.0 Å². The highest BCUT2D eigenvalue weighted by Crippen LogP contribution is 2.28. The SMILES string of the molecule is CCC(CC)(CN(C)Cc1ccccc1F)C(=O)O. The summed E-state index contributed by atoms with van der Waals surface area (Å²) < 4.78 is 13.6. The molecule has 0 saturated heterocycles. The normalized spacial score (nSPS) is 11.8. The van der Waals surface area contributed by atoms with E-state index in [1.807, 2.05) is 25.8 Å². The van der Waals surface area contributed by atoms with Crippen molar-refractivity contribution < 1.29 is 14.3 Å². The Morgan fingerprint density at radius 3 is 2.37 bits per heavy atom. The zero-order valence-corrected chi connectivity index (χ0v) is 11.8. The van der Waals surface area contributed by atoms with Crippen LogP contribution in [0.1, 0.15) is 32.3 Å². The van der Waals surface area contributed by atoms with E-state index in [4.69, 9.17) is 0 Å². The van der Waals surface area contributed by atoms with Gasteiger partial charge >= 0.3 is 5.97 Å². The van der Waals surface area contributed by atoms with Crippen molar-refractivity contribution in [2.75, 3.05) is 13.6 Å². The van der Waals surface area contributed by atoms with Crippen LogP contribution in [0.5, 0.6) is 0 Å². The van der Waals surface area contributed by atoms with Crippen LogP contribution >= 0.6 is 0 Å². The molecule has 4 heteroatoms. The third-order valence-corrected chi connectivity index (χ3v) is 3.78. The minimum atomic E-state index is -0.780. The summed E-state index contributed by atoms with van der Waals surface area (Å²) in [6, 6.07) is 6.59. The molecule has 0 saturated carbocycles. The Bertz CT molecular complexity index is 430. The highest BCUT2D eigenvalue weighted by atomic mass is 19.1. The van der Waals surface area contributed by atoms with E-state index in [-0.39, 0.29) is 5.82 Å². The Kier molecular flexibility index (Phi) is 5.48. The fraction of sp³-hybridized carbons (Fsp3) is 0.533. The van der Waals surface area contributed by atoms with Crippen LogP contribution in [-0.2, 0) is 11.3 Å². The van der Waals surface area contributed by atoms with Gasteiger partial charge in [0.2, 0.25) is 0 Å². The average molecular weight is 267 g/mol. The van der Waals surface area contributed by atoms with Gasteiger partial charge in [0, 0.05) is 18.7 Å². The van der Waals surface area contributed by atoms with Crippen LogP contribution in [0, 0.1) is 11.2 Å². The molecular formula is C15H22FNO2. The fourth-order valence-electron chi connectivity index (χ4n) is 2.33. The van der Waals surface area contributed by atoms with Gasteiger partial charge in [-0.25, -0.2) is 4.39 Å². The van der Waals surface area contributed by atoms with Gasteiger partial charge in [0.1, 0.15) is 5.82 Å². The van der Waals surface area contributed by atoms with Crippen LogP contribution in [0.25, 0.3) is 0 Å². The minimum absolute atomic E-state index is 0.247. The van der Waals surface area contributed by atoms with Crippen molar-refractivity contribution in [1.82, 2.24) is 4.90 Å². The minimum Gasteiger partial charge on any atom is -0.481 e. The second kappa shape index (κ2) is 6.66. The quantitative estimate of drug-likeness (QED) is 0.825. The van der Waals surface area contributed by atoms with Crippen molar-refractivity contribution in [3.63, 3.8) is 0 Å². The lowest BCUT2D eigenvalue weighted by atomic mass is 9.82. The van der Waals surface area contributed by atoms with Crippen LogP contribution in [0.4, 0.5) is 4.39 Å². The van der Waals surface area contributed by atoms with Crippen LogP contribution in [0.2, 0.25) is 0 Å². The highest BCUT2D eigenvalue weighted by molar-refractivity contribution is 5.74. The summed E-state index contributed by atoms with van der Waals surface area (Å²) in [6.07, 6.45) is 1.14. The van der Waals surface area contributed by atoms with E-state index in [1.165, 1.54) is 6.07 Å². The average Bonchev–Trinajstić information content (AvgIpc) is 2.38. The van der Waals surface area contributed by atoms with E-state index in [1.54, 1.807) is 18.2 Å². The van der Waals surface area contributed by atoms with Gasteiger partial charge in [0.15, 0.2) is 0 Å². The summed E-state index contributed by atoms with van der Waals surface area (Å²) >= 11 is 0. The Labute approximate surface area is 114 Å². The Morgan fingerprint density at radius 1 is 1.32 bits per heavy atom. The van der Waals surface area contributed by atoms with Gasteiger partial charge in [-0.2, -0.15) is 0 Å². The molecule has 1 aromatic rings. The van der Waals surface area contributed by atoms with Crippen molar-refractivity contribution in [2.45, 2.75) is 33.2 Å². The predicted molar refractivity (Wildman–Crippen MR) is 73.4 cm³/mol. The molecule has 0 amide bonds. The summed E-state index contributed by atoms with van der Waals surface area (Å²) in [5.41, 5.74) is -0.156. The summed E-state index contributed by atoms with van der Waals surface area (Å²) in [6.45, 7) is 4.61. The van der Waals surface area contributed by atoms with Gasteiger partial charge in [-0.3, -0.25) is 4.79 Å². The summed E-state index contributed by atoms with van der Waals surface area (Å²) in [7, 11) is 1.83. The molecule has 0 aliphatic rings. The van der Waals surface area contributed by atoms with Crippen molar-refractivity contribution >= 4 is 5.97 Å². The summed E-state index contributed by atoms with van der Waals surface area (Å²) in [5, 5.41) is 9.39. The zero-order chi connectivity index (χ0) is 14.5. The lowest BCUT2D eigenvalue weighted by Gasteiger charge is -2.31. The number of carbonyl (C=O) groups is 1. The largest absolute Gasteiger partial charge is 0.481 e. The molecule has 0 radical (unpaired) electrons. The molecule has 0 bridgehead atoms. The first-order valence-corrected chi connectivity index (χ1v) is 6.60.